The zero-order chi connectivity index (χ0) is 14.8. The molecule has 0 aromatic heterocycles. The second-order valence-electron chi connectivity index (χ2n) is 5.33. The van der Waals surface area contributed by atoms with Crippen molar-refractivity contribution in [3.63, 3.8) is 0 Å². The summed E-state index contributed by atoms with van der Waals surface area (Å²) in [5, 5.41) is 0. The first-order valence-corrected chi connectivity index (χ1v) is 7.69. The fourth-order valence-electron chi connectivity index (χ4n) is 3.24. The number of hydrogen-bond donors (Lipinski definition) is 1. The monoisotopic (exact) mass is 345 g/mol. The zero-order valence-electron chi connectivity index (χ0n) is 12.0. The van der Waals surface area contributed by atoms with E-state index in [-0.39, 0.29) is 11.2 Å². The van der Waals surface area contributed by atoms with E-state index in [9.17, 15) is 4.39 Å². The van der Waals surface area contributed by atoms with Gasteiger partial charge < -0.3 is 15.2 Å². The predicted molar refractivity (Wildman–Crippen MR) is 81.0 cm³/mol. The van der Waals surface area contributed by atoms with E-state index in [2.05, 4.69) is 15.9 Å². The first-order valence-electron chi connectivity index (χ1n) is 6.90. The summed E-state index contributed by atoms with van der Waals surface area (Å²) in [5.74, 6) is 0.718. The summed E-state index contributed by atoms with van der Waals surface area (Å²) < 4.78 is 26.0. The van der Waals surface area contributed by atoms with E-state index in [0.717, 1.165) is 25.7 Å². The Morgan fingerprint density at radius 3 is 2.30 bits per heavy atom. The van der Waals surface area contributed by atoms with Gasteiger partial charge in [-0.2, -0.15) is 0 Å². The maximum atomic E-state index is 14.6. The van der Waals surface area contributed by atoms with Crippen LogP contribution in [-0.4, -0.2) is 20.8 Å². The first kappa shape index (κ1) is 15.6. The van der Waals surface area contributed by atoms with Gasteiger partial charge in [-0.25, -0.2) is 4.39 Å². The number of benzene rings is 1. The summed E-state index contributed by atoms with van der Waals surface area (Å²) in [6.07, 6.45) is 5.10. The summed E-state index contributed by atoms with van der Waals surface area (Å²) in [6, 6.07) is 1.45. The van der Waals surface area contributed by atoms with E-state index < -0.39 is 0 Å². The van der Waals surface area contributed by atoms with Crippen LogP contribution in [-0.2, 0) is 5.41 Å². The average molecular weight is 346 g/mol. The van der Waals surface area contributed by atoms with Crippen LogP contribution in [0.3, 0.4) is 0 Å². The van der Waals surface area contributed by atoms with Crippen molar-refractivity contribution < 1.29 is 13.9 Å². The summed E-state index contributed by atoms with van der Waals surface area (Å²) in [7, 11) is 3.10. The molecule has 0 heterocycles. The largest absolute Gasteiger partial charge is 0.492 e. The minimum Gasteiger partial charge on any atom is -0.492 e. The van der Waals surface area contributed by atoms with Gasteiger partial charge >= 0.3 is 0 Å². The molecule has 1 aromatic carbocycles. The molecule has 1 aliphatic carbocycles. The van der Waals surface area contributed by atoms with Gasteiger partial charge in [0, 0.05) is 17.5 Å². The highest BCUT2D eigenvalue weighted by molar-refractivity contribution is 9.10. The molecule has 0 amide bonds. The summed E-state index contributed by atoms with van der Waals surface area (Å²) in [6.45, 7) is 0.422. The number of halogens is 2. The standard InChI is InChI=1S/C15H21BrFNO2/c1-19-13-10(16)8-11(17)12(14(13)20-2)15(9-18)6-4-3-5-7-15/h8H,3-7,9,18H2,1-2H3. The highest BCUT2D eigenvalue weighted by atomic mass is 79.9. The third kappa shape index (κ3) is 2.53. The van der Waals surface area contributed by atoms with Crippen LogP contribution < -0.4 is 15.2 Å². The lowest BCUT2D eigenvalue weighted by Gasteiger charge is -2.38. The molecule has 0 spiro atoms. The van der Waals surface area contributed by atoms with Crippen LogP contribution in [0.4, 0.5) is 4.39 Å². The van der Waals surface area contributed by atoms with Crippen molar-refractivity contribution in [1.82, 2.24) is 0 Å². The molecule has 0 radical (unpaired) electrons. The lowest BCUT2D eigenvalue weighted by Crippen LogP contribution is -2.38. The van der Waals surface area contributed by atoms with Gasteiger partial charge in [0.2, 0.25) is 0 Å². The van der Waals surface area contributed by atoms with Crippen molar-refractivity contribution in [2.75, 3.05) is 20.8 Å². The second kappa shape index (κ2) is 6.31. The fourth-order valence-corrected chi connectivity index (χ4v) is 3.79. The third-order valence-corrected chi connectivity index (χ3v) is 4.87. The Balaban J connectivity index is 2.65. The first-order chi connectivity index (χ1) is 9.59. The topological polar surface area (TPSA) is 44.5 Å². The number of rotatable bonds is 4. The van der Waals surface area contributed by atoms with E-state index in [1.165, 1.54) is 12.5 Å². The van der Waals surface area contributed by atoms with Crippen LogP contribution >= 0.6 is 15.9 Å². The molecular weight excluding hydrogens is 325 g/mol. The molecule has 1 aromatic rings. The maximum Gasteiger partial charge on any atom is 0.175 e. The number of nitrogens with two attached hydrogens (primary N) is 1. The van der Waals surface area contributed by atoms with Crippen LogP contribution in [0.1, 0.15) is 37.7 Å². The van der Waals surface area contributed by atoms with Crippen LogP contribution in [0.5, 0.6) is 11.5 Å². The molecule has 1 fully saturated rings. The molecule has 1 aliphatic rings. The lowest BCUT2D eigenvalue weighted by molar-refractivity contribution is 0.271. The Bertz CT molecular complexity index is 487. The molecule has 0 bridgehead atoms. The molecule has 0 aliphatic heterocycles. The van der Waals surface area contributed by atoms with Gasteiger partial charge in [-0.3, -0.25) is 0 Å². The van der Waals surface area contributed by atoms with Gasteiger partial charge in [-0.15, -0.1) is 0 Å². The second-order valence-corrected chi connectivity index (χ2v) is 6.18. The molecule has 0 saturated heterocycles. The normalized spacial score (nSPS) is 17.9. The molecule has 0 atom stereocenters. The molecule has 2 N–H and O–H groups in total. The number of ether oxygens (including phenoxy) is 2. The van der Waals surface area contributed by atoms with Crippen molar-refractivity contribution in [3.8, 4) is 11.5 Å². The number of hydrogen-bond acceptors (Lipinski definition) is 3. The highest BCUT2D eigenvalue weighted by Gasteiger charge is 2.39. The minimum absolute atomic E-state index is 0.276. The van der Waals surface area contributed by atoms with Crippen molar-refractivity contribution in [2.45, 2.75) is 37.5 Å². The fraction of sp³-hybridized carbons (Fsp3) is 0.600. The summed E-state index contributed by atoms with van der Waals surface area (Å²) >= 11 is 3.32. The Hall–Kier alpha value is -0.810. The van der Waals surface area contributed by atoms with E-state index in [1.54, 1.807) is 14.2 Å². The van der Waals surface area contributed by atoms with Crippen LogP contribution in [0, 0.1) is 5.82 Å². The summed E-state index contributed by atoms with van der Waals surface area (Å²) in [4.78, 5) is 0. The molecule has 0 unspecified atom stereocenters. The van der Waals surface area contributed by atoms with E-state index in [0.29, 0.717) is 28.1 Å². The van der Waals surface area contributed by atoms with Gasteiger partial charge in [0.15, 0.2) is 11.5 Å². The highest BCUT2D eigenvalue weighted by Crippen LogP contribution is 2.49. The van der Waals surface area contributed by atoms with Gasteiger partial charge in [0.05, 0.1) is 18.7 Å². The Morgan fingerprint density at radius 1 is 1.20 bits per heavy atom. The zero-order valence-corrected chi connectivity index (χ0v) is 13.6. The van der Waals surface area contributed by atoms with Gasteiger partial charge in [0.25, 0.3) is 0 Å². The molecule has 3 nitrogen and oxygen atoms in total. The van der Waals surface area contributed by atoms with Crippen LogP contribution in [0.15, 0.2) is 10.5 Å². The van der Waals surface area contributed by atoms with Crippen LogP contribution in [0.2, 0.25) is 0 Å². The predicted octanol–water partition coefficient (Wildman–Crippen LogP) is 3.77. The number of methoxy groups -OCH3 is 2. The van der Waals surface area contributed by atoms with Gasteiger partial charge in [0.1, 0.15) is 5.82 Å². The van der Waals surface area contributed by atoms with Gasteiger partial charge in [-0.1, -0.05) is 19.3 Å². The molecule has 1 saturated carbocycles. The summed E-state index contributed by atoms with van der Waals surface area (Å²) in [5.41, 5.74) is 6.24. The molecular formula is C15H21BrFNO2. The van der Waals surface area contributed by atoms with Crippen molar-refractivity contribution >= 4 is 15.9 Å². The molecule has 20 heavy (non-hydrogen) atoms. The Labute approximate surface area is 127 Å². The van der Waals surface area contributed by atoms with Crippen molar-refractivity contribution in [3.05, 3.63) is 21.9 Å². The van der Waals surface area contributed by atoms with Crippen molar-refractivity contribution in [2.24, 2.45) is 5.73 Å². The van der Waals surface area contributed by atoms with E-state index in [4.69, 9.17) is 15.2 Å². The maximum absolute atomic E-state index is 14.6. The molecule has 112 valence electrons. The van der Waals surface area contributed by atoms with E-state index in [1.807, 2.05) is 0 Å². The minimum atomic E-state index is -0.346. The van der Waals surface area contributed by atoms with Gasteiger partial charge in [-0.05, 0) is 34.8 Å². The smallest absolute Gasteiger partial charge is 0.175 e. The SMILES string of the molecule is COc1c(Br)cc(F)c(C2(CN)CCCCC2)c1OC. The lowest BCUT2D eigenvalue weighted by atomic mass is 9.69. The molecule has 5 heteroatoms. The van der Waals surface area contributed by atoms with Crippen molar-refractivity contribution in [1.29, 1.82) is 0 Å². The average Bonchev–Trinajstić information content (AvgIpc) is 2.47. The van der Waals surface area contributed by atoms with E-state index >= 15 is 0 Å². The Kier molecular flexibility index (Phi) is 4.91. The molecule has 2 rings (SSSR count). The third-order valence-electron chi connectivity index (χ3n) is 4.28. The Morgan fingerprint density at radius 2 is 1.80 bits per heavy atom. The quantitative estimate of drug-likeness (QED) is 0.903. The van der Waals surface area contributed by atoms with Crippen LogP contribution in [0.25, 0.3) is 0 Å².